The summed E-state index contributed by atoms with van der Waals surface area (Å²) in [7, 11) is 2.37. The lowest BCUT2D eigenvalue weighted by Gasteiger charge is -2.24. The maximum Gasteiger partial charge on any atom is 0.355 e. The minimum absolute atomic E-state index is 0.0311. The molecule has 0 fully saturated rings. The molecular formula is C17H15BrN2O6. The molecule has 0 unspecified atom stereocenters. The monoisotopic (exact) mass is 422 g/mol. The van der Waals surface area contributed by atoms with Gasteiger partial charge in [0.05, 0.1) is 36.0 Å². The van der Waals surface area contributed by atoms with Crippen molar-refractivity contribution in [2.45, 2.75) is 5.33 Å². The first-order valence-electron chi connectivity index (χ1n) is 7.33. The van der Waals surface area contributed by atoms with E-state index in [-0.39, 0.29) is 22.3 Å². The van der Waals surface area contributed by atoms with Gasteiger partial charge in [0.15, 0.2) is 0 Å². The van der Waals surface area contributed by atoms with Crippen LogP contribution in [0.2, 0.25) is 0 Å². The van der Waals surface area contributed by atoms with Crippen molar-refractivity contribution in [3.63, 3.8) is 0 Å². The summed E-state index contributed by atoms with van der Waals surface area (Å²) in [5.74, 6) is -1.52. The molecule has 1 aromatic rings. The highest BCUT2D eigenvalue weighted by Crippen LogP contribution is 2.35. The van der Waals surface area contributed by atoms with Crippen molar-refractivity contribution >= 4 is 39.2 Å². The molecule has 0 N–H and O–H groups in total. The molecule has 1 heterocycles. The minimum Gasteiger partial charge on any atom is -0.465 e. The number of esters is 2. The second kappa shape index (κ2) is 8.43. The molecule has 0 radical (unpaired) electrons. The SMILES string of the molecule is COC(=O)C1=C(C(=O)OC)N(c2cccc([N+](=O)[O-])c2CBr)C=CC=C1. The summed E-state index contributed by atoms with van der Waals surface area (Å²) < 4.78 is 9.56. The fraction of sp³-hybridized carbons (Fsp3) is 0.176. The summed E-state index contributed by atoms with van der Waals surface area (Å²) in [6, 6.07) is 4.47. The summed E-state index contributed by atoms with van der Waals surface area (Å²) in [6.45, 7) is 0. The average molecular weight is 423 g/mol. The fourth-order valence-electron chi connectivity index (χ4n) is 2.45. The van der Waals surface area contributed by atoms with Crippen molar-refractivity contribution in [3.05, 3.63) is 69.6 Å². The molecule has 0 saturated heterocycles. The highest BCUT2D eigenvalue weighted by Gasteiger charge is 2.30. The van der Waals surface area contributed by atoms with Gasteiger partial charge in [-0.1, -0.05) is 28.1 Å². The number of hydrogen-bond acceptors (Lipinski definition) is 7. The Morgan fingerprint density at radius 1 is 1.19 bits per heavy atom. The lowest BCUT2D eigenvalue weighted by atomic mass is 10.1. The van der Waals surface area contributed by atoms with Gasteiger partial charge in [0, 0.05) is 17.6 Å². The van der Waals surface area contributed by atoms with Gasteiger partial charge in [0.25, 0.3) is 5.69 Å². The normalized spacial score (nSPS) is 13.4. The molecule has 0 amide bonds. The van der Waals surface area contributed by atoms with Crippen molar-refractivity contribution in [1.82, 2.24) is 0 Å². The van der Waals surface area contributed by atoms with E-state index >= 15 is 0 Å². The van der Waals surface area contributed by atoms with E-state index in [1.54, 1.807) is 18.2 Å². The zero-order valence-electron chi connectivity index (χ0n) is 14.0. The van der Waals surface area contributed by atoms with Gasteiger partial charge in [-0.15, -0.1) is 0 Å². The molecule has 0 spiro atoms. The number of nitrogens with zero attached hydrogens (tertiary/aromatic N) is 2. The summed E-state index contributed by atoms with van der Waals surface area (Å²) in [5.41, 5.74) is 0.449. The van der Waals surface area contributed by atoms with Gasteiger partial charge in [-0.05, 0) is 18.2 Å². The van der Waals surface area contributed by atoms with E-state index in [1.807, 2.05) is 0 Å². The van der Waals surface area contributed by atoms with Gasteiger partial charge >= 0.3 is 11.9 Å². The van der Waals surface area contributed by atoms with Gasteiger partial charge in [-0.2, -0.15) is 0 Å². The van der Waals surface area contributed by atoms with Crippen molar-refractivity contribution in [2.75, 3.05) is 19.1 Å². The summed E-state index contributed by atoms with van der Waals surface area (Å²) in [5, 5.41) is 11.5. The Balaban J connectivity index is 2.78. The van der Waals surface area contributed by atoms with E-state index in [2.05, 4.69) is 15.9 Å². The third-order valence-electron chi connectivity index (χ3n) is 3.61. The summed E-state index contributed by atoms with van der Waals surface area (Å²) >= 11 is 3.25. The molecule has 0 aromatic heterocycles. The number of benzene rings is 1. The van der Waals surface area contributed by atoms with Crippen LogP contribution in [0.3, 0.4) is 0 Å². The number of ether oxygens (including phenoxy) is 2. The third-order valence-corrected chi connectivity index (χ3v) is 4.17. The Morgan fingerprint density at radius 2 is 1.88 bits per heavy atom. The van der Waals surface area contributed by atoms with E-state index in [0.717, 1.165) is 0 Å². The maximum atomic E-state index is 12.4. The number of halogens is 1. The first-order valence-corrected chi connectivity index (χ1v) is 8.45. The zero-order valence-corrected chi connectivity index (χ0v) is 15.6. The molecule has 0 aliphatic carbocycles. The maximum absolute atomic E-state index is 12.4. The van der Waals surface area contributed by atoms with Crippen LogP contribution in [0, 0.1) is 10.1 Å². The first-order chi connectivity index (χ1) is 12.5. The van der Waals surface area contributed by atoms with Crippen LogP contribution in [0.1, 0.15) is 5.56 Å². The number of alkyl halides is 1. The average Bonchev–Trinajstić information content (AvgIpc) is 2.88. The van der Waals surface area contributed by atoms with Crippen LogP contribution in [0.25, 0.3) is 0 Å². The number of nitro groups is 1. The predicted octanol–water partition coefficient (Wildman–Crippen LogP) is 2.98. The first kappa shape index (κ1) is 19.4. The Labute approximate surface area is 157 Å². The molecule has 0 saturated carbocycles. The highest BCUT2D eigenvalue weighted by molar-refractivity contribution is 9.08. The lowest BCUT2D eigenvalue weighted by Crippen LogP contribution is -2.27. The number of anilines is 1. The molecular weight excluding hydrogens is 408 g/mol. The quantitative estimate of drug-likeness (QED) is 0.311. The van der Waals surface area contributed by atoms with Crippen molar-refractivity contribution in [1.29, 1.82) is 0 Å². The van der Waals surface area contributed by atoms with Crippen LogP contribution in [0.5, 0.6) is 0 Å². The van der Waals surface area contributed by atoms with Crippen molar-refractivity contribution in [2.24, 2.45) is 0 Å². The van der Waals surface area contributed by atoms with Gasteiger partial charge in [0.2, 0.25) is 0 Å². The Hall–Kier alpha value is -2.94. The van der Waals surface area contributed by atoms with Crippen LogP contribution in [-0.4, -0.2) is 31.1 Å². The fourth-order valence-corrected chi connectivity index (χ4v) is 3.02. The van der Waals surface area contributed by atoms with Crippen LogP contribution in [-0.2, 0) is 24.4 Å². The molecule has 0 atom stereocenters. The second-order valence-electron chi connectivity index (χ2n) is 4.98. The van der Waals surface area contributed by atoms with E-state index in [1.165, 1.54) is 43.5 Å². The van der Waals surface area contributed by atoms with Gasteiger partial charge in [-0.25, -0.2) is 9.59 Å². The number of allylic oxidation sites excluding steroid dienone is 2. The number of methoxy groups -OCH3 is 2. The van der Waals surface area contributed by atoms with Gasteiger partial charge in [0.1, 0.15) is 5.70 Å². The molecule has 9 heteroatoms. The largest absolute Gasteiger partial charge is 0.465 e. The standard InChI is InChI=1S/C17H15BrN2O6/c1-25-16(21)11-6-3-4-9-19(15(11)17(22)26-2)13-7-5-8-14(20(23)24)12(13)10-18/h3-9H,10H2,1-2H3. The lowest BCUT2D eigenvalue weighted by molar-refractivity contribution is -0.385. The summed E-state index contributed by atoms with van der Waals surface area (Å²) in [6.07, 6.45) is 6.08. The topological polar surface area (TPSA) is 99.0 Å². The molecule has 1 aliphatic heterocycles. The minimum atomic E-state index is -0.784. The number of carbonyl (C=O) groups is 2. The molecule has 136 valence electrons. The van der Waals surface area contributed by atoms with Gasteiger partial charge in [-0.3, -0.25) is 10.1 Å². The second-order valence-corrected chi connectivity index (χ2v) is 5.54. The van der Waals surface area contributed by atoms with Crippen LogP contribution in [0.4, 0.5) is 11.4 Å². The van der Waals surface area contributed by atoms with Crippen LogP contribution >= 0.6 is 15.9 Å². The Kier molecular flexibility index (Phi) is 6.29. The summed E-state index contributed by atoms with van der Waals surface area (Å²) in [4.78, 5) is 36.8. The van der Waals surface area contributed by atoms with Crippen molar-refractivity contribution in [3.8, 4) is 0 Å². The number of hydrogen-bond donors (Lipinski definition) is 0. The van der Waals surface area contributed by atoms with E-state index in [0.29, 0.717) is 11.3 Å². The number of carbonyl (C=O) groups excluding carboxylic acids is 2. The molecule has 26 heavy (non-hydrogen) atoms. The van der Waals surface area contributed by atoms with Crippen LogP contribution < -0.4 is 4.90 Å². The Bertz CT molecular complexity index is 844. The van der Waals surface area contributed by atoms with Crippen molar-refractivity contribution < 1.29 is 24.0 Å². The van der Waals surface area contributed by atoms with E-state index in [4.69, 9.17) is 9.47 Å². The molecule has 0 bridgehead atoms. The predicted molar refractivity (Wildman–Crippen MR) is 97.5 cm³/mol. The van der Waals surface area contributed by atoms with Gasteiger partial charge < -0.3 is 14.4 Å². The number of rotatable bonds is 5. The molecule has 1 aromatic carbocycles. The number of nitro benzene ring substituents is 1. The smallest absolute Gasteiger partial charge is 0.355 e. The van der Waals surface area contributed by atoms with Crippen LogP contribution in [0.15, 0.2) is 53.9 Å². The third kappa shape index (κ3) is 3.67. The zero-order chi connectivity index (χ0) is 19.3. The van der Waals surface area contributed by atoms with E-state index < -0.39 is 16.9 Å². The molecule has 2 rings (SSSR count). The van der Waals surface area contributed by atoms with E-state index in [9.17, 15) is 19.7 Å². The molecule has 8 nitrogen and oxygen atoms in total. The highest BCUT2D eigenvalue weighted by atomic mass is 79.9. The Morgan fingerprint density at radius 3 is 2.46 bits per heavy atom. The molecule has 1 aliphatic rings.